The molecule has 0 amide bonds. The lowest BCUT2D eigenvalue weighted by atomic mass is 9.98. The van der Waals surface area contributed by atoms with Crippen molar-refractivity contribution in [2.45, 2.75) is 13.0 Å². The Balaban J connectivity index is 1.65. The minimum Gasteiger partial charge on any atom is -0.315 e. The zero-order valence-corrected chi connectivity index (χ0v) is 18.8. The van der Waals surface area contributed by atoms with Crippen LogP contribution in [-0.2, 0) is 13.6 Å². The van der Waals surface area contributed by atoms with Gasteiger partial charge in [0.15, 0.2) is 0 Å². The second kappa shape index (κ2) is 9.17. The van der Waals surface area contributed by atoms with E-state index < -0.39 is 5.82 Å². The number of H-pyrrole nitrogens is 1. The molecule has 8 nitrogen and oxygen atoms in total. The van der Waals surface area contributed by atoms with E-state index in [0.717, 1.165) is 43.5 Å². The Morgan fingerprint density at radius 1 is 1.15 bits per heavy atom. The van der Waals surface area contributed by atoms with E-state index >= 15 is 0 Å². The van der Waals surface area contributed by atoms with E-state index in [1.807, 2.05) is 37.5 Å². The van der Waals surface area contributed by atoms with Crippen LogP contribution in [0.4, 0.5) is 4.39 Å². The van der Waals surface area contributed by atoms with E-state index in [-0.39, 0.29) is 11.1 Å². The van der Waals surface area contributed by atoms with E-state index in [9.17, 15) is 9.18 Å². The van der Waals surface area contributed by atoms with Gasteiger partial charge in [-0.25, -0.2) is 9.37 Å². The largest absolute Gasteiger partial charge is 0.315 e. The van der Waals surface area contributed by atoms with E-state index in [4.69, 9.17) is 10.2 Å². The smallest absolute Gasteiger partial charge is 0.259 e. The SMILES string of the molecule is Cn1cc2cc(-c3c(-c4ccc(C#N)c(F)c4)nc(CN4CCCNCC4)[nH]c3=O)ccc2n1. The average Bonchev–Trinajstić information content (AvgIpc) is 3.00. The maximum absolute atomic E-state index is 14.5. The van der Waals surface area contributed by atoms with Crippen molar-refractivity contribution >= 4 is 10.9 Å². The maximum Gasteiger partial charge on any atom is 0.259 e. The molecular formula is C25H24FN7O. The Labute approximate surface area is 195 Å². The third-order valence-electron chi connectivity index (χ3n) is 6.05. The van der Waals surface area contributed by atoms with Crippen molar-refractivity contribution in [1.82, 2.24) is 30.0 Å². The predicted octanol–water partition coefficient (Wildman–Crippen LogP) is 2.80. The van der Waals surface area contributed by atoms with Crippen LogP contribution >= 0.6 is 0 Å². The Bertz CT molecular complexity index is 1460. The summed E-state index contributed by atoms with van der Waals surface area (Å²) in [6.07, 6.45) is 2.89. The Kier molecular flexibility index (Phi) is 5.92. The molecule has 172 valence electrons. The van der Waals surface area contributed by atoms with E-state index in [0.29, 0.717) is 34.8 Å². The first-order chi connectivity index (χ1) is 16.5. The molecule has 1 fully saturated rings. The molecule has 1 aliphatic heterocycles. The van der Waals surface area contributed by atoms with Gasteiger partial charge >= 0.3 is 0 Å². The third kappa shape index (κ3) is 4.33. The topological polar surface area (TPSA) is 103 Å². The Hall–Kier alpha value is -3.87. The molecule has 0 unspecified atom stereocenters. The predicted molar refractivity (Wildman–Crippen MR) is 127 cm³/mol. The van der Waals surface area contributed by atoms with Gasteiger partial charge in [-0.3, -0.25) is 14.4 Å². The summed E-state index contributed by atoms with van der Waals surface area (Å²) in [6, 6.07) is 11.7. The van der Waals surface area contributed by atoms with Gasteiger partial charge in [-0.1, -0.05) is 12.1 Å². The van der Waals surface area contributed by atoms with Gasteiger partial charge in [0.05, 0.1) is 28.9 Å². The highest BCUT2D eigenvalue weighted by Crippen LogP contribution is 2.30. The fourth-order valence-corrected chi connectivity index (χ4v) is 4.40. The molecule has 2 aromatic heterocycles. The van der Waals surface area contributed by atoms with E-state index in [2.05, 4.69) is 20.3 Å². The van der Waals surface area contributed by atoms with Crippen LogP contribution in [0.2, 0.25) is 0 Å². The van der Waals surface area contributed by atoms with Crippen LogP contribution in [0.25, 0.3) is 33.3 Å². The lowest BCUT2D eigenvalue weighted by Gasteiger charge is -2.19. The number of nitrogens with one attached hydrogen (secondary N) is 2. The summed E-state index contributed by atoms with van der Waals surface area (Å²) in [5, 5.41) is 17.8. The van der Waals surface area contributed by atoms with E-state index in [1.54, 1.807) is 10.7 Å². The second-order valence-corrected chi connectivity index (χ2v) is 8.50. The minimum absolute atomic E-state index is 0.0517. The summed E-state index contributed by atoms with van der Waals surface area (Å²) in [4.78, 5) is 23.4. The molecule has 0 saturated carbocycles. The van der Waals surface area contributed by atoms with Crippen molar-refractivity contribution in [2.75, 3.05) is 26.2 Å². The molecule has 5 rings (SSSR count). The molecule has 0 spiro atoms. The standard InChI is InChI=1S/C25H24FN7O/c1-32-14-19-11-16(5-6-21(19)31-32)23-24(17-3-4-18(13-27)20(26)12-17)29-22(30-25(23)34)15-33-9-2-7-28-8-10-33/h3-6,11-12,14,28H,2,7-10,15H2,1H3,(H,29,30,34). The number of rotatable bonds is 4. The van der Waals surface area contributed by atoms with Gasteiger partial charge in [-0.15, -0.1) is 0 Å². The number of nitriles is 1. The highest BCUT2D eigenvalue weighted by molar-refractivity contribution is 5.88. The number of aromatic amines is 1. The van der Waals surface area contributed by atoms with Crippen LogP contribution in [0.15, 0.2) is 47.4 Å². The van der Waals surface area contributed by atoms with Crippen LogP contribution in [0, 0.1) is 17.1 Å². The first-order valence-electron chi connectivity index (χ1n) is 11.2. The van der Waals surface area contributed by atoms with Crippen molar-refractivity contribution in [3.63, 3.8) is 0 Å². The molecule has 0 aliphatic carbocycles. The summed E-state index contributed by atoms with van der Waals surface area (Å²) in [5.41, 5.74) is 2.33. The fraction of sp³-hybridized carbons (Fsp3) is 0.280. The number of benzene rings is 2. The van der Waals surface area contributed by atoms with Gasteiger partial charge in [0.2, 0.25) is 0 Å². The number of aromatic nitrogens is 4. The van der Waals surface area contributed by atoms with Gasteiger partial charge in [0.25, 0.3) is 5.56 Å². The fourth-order valence-electron chi connectivity index (χ4n) is 4.40. The number of hydrogen-bond donors (Lipinski definition) is 2. The van der Waals surface area contributed by atoms with Crippen LogP contribution in [0.1, 0.15) is 17.8 Å². The van der Waals surface area contributed by atoms with E-state index in [1.165, 1.54) is 12.1 Å². The lowest BCUT2D eigenvalue weighted by molar-refractivity contribution is 0.277. The maximum atomic E-state index is 14.5. The normalized spacial score (nSPS) is 14.7. The Morgan fingerprint density at radius 3 is 2.82 bits per heavy atom. The number of aryl methyl sites for hydroxylation is 1. The van der Waals surface area contributed by atoms with Crippen molar-refractivity contribution in [1.29, 1.82) is 5.26 Å². The molecule has 34 heavy (non-hydrogen) atoms. The van der Waals surface area contributed by atoms with Crippen LogP contribution in [0.3, 0.4) is 0 Å². The van der Waals surface area contributed by atoms with Crippen molar-refractivity contribution < 1.29 is 4.39 Å². The molecule has 9 heteroatoms. The zero-order valence-electron chi connectivity index (χ0n) is 18.8. The summed E-state index contributed by atoms with van der Waals surface area (Å²) in [6.45, 7) is 4.08. The van der Waals surface area contributed by atoms with Gasteiger partial charge in [-0.05, 0) is 49.3 Å². The zero-order chi connectivity index (χ0) is 23.7. The molecule has 0 radical (unpaired) electrons. The summed E-state index contributed by atoms with van der Waals surface area (Å²) >= 11 is 0. The molecular weight excluding hydrogens is 433 g/mol. The highest BCUT2D eigenvalue weighted by Gasteiger charge is 2.19. The van der Waals surface area contributed by atoms with Crippen molar-refractivity contribution in [2.24, 2.45) is 7.05 Å². The average molecular weight is 458 g/mol. The molecule has 1 saturated heterocycles. The Morgan fingerprint density at radius 2 is 2.00 bits per heavy atom. The van der Waals surface area contributed by atoms with Crippen LogP contribution in [0.5, 0.6) is 0 Å². The lowest BCUT2D eigenvalue weighted by Crippen LogP contribution is -2.29. The summed E-state index contributed by atoms with van der Waals surface area (Å²) in [5.74, 6) is -0.117. The molecule has 4 aromatic rings. The van der Waals surface area contributed by atoms with Crippen molar-refractivity contribution in [3.8, 4) is 28.5 Å². The van der Waals surface area contributed by atoms with Crippen LogP contribution < -0.4 is 10.9 Å². The third-order valence-corrected chi connectivity index (χ3v) is 6.05. The summed E-state index contributed by atoms with van der Waals surface area (Å²) in [7, 11) is 1.84. The monoisotopic (exact) mass is 457 g/mol. The van der Waals surface area contributed by atoms with Gasteiger partial charge in [-0.2, -0.15) is 10.4 Å². The second-order valence-electron chi connectivity index (χ2n) is 8.50. The highest BCUT2D eigenvalue weighted by atomic mass is 19.1. The first-order valence-corrected chi connectivity index (χ1v) is 11.2. The first kappa shape index (κ1) is 21.9. The quantitative estimate of drug-likeness (QED) is 0.489. The molecule has 3 heterocycles. The molecule has 0 bridgehead atoms. The minimum atomic E-state index is -0.643. The molecule has 1 aliphatic rings. The number of halogens is 1. The number of nitrogens with zero attached hydrogens (tertiary/aromatic N) is 5. The molecule has 0 atom stereocenters. The van der Waals surface area contributed by atoms with Gasteiger partial charge in [0.1, 0.15) is 17.7 Å². The van der Waals surface area contributed by atoms with Crippen LogP contribution in [-0.4, -0.2) is 50.8 Å². The number of hydrogen-bond acceptors (Lipinski definition) is 6. The van der Waals surface area contributed by atoms with Crippen molar-refractivity contribution in [3.05, 3.63) is 70.2 Å². The summed E-state index contributed by atoms with van der Waals surface area (Å²) < 4.78 is 16.3. The van der Waals surface area contributed by atoms with Gasteiger partial charge < -0.3 is 10.3 Å². The molecule has 2 N–H and O–H groups in total. The molecule has 2 aromatic carbocycles. The number of fused-ring (bicyclic) bond motifs is 1. The van der Waals surface area contributed by atoms with Gasteiger partial charge in [0, 0.05) is 37.3 Å².